The number of amides is 2. The fraction of sp³-hybridized carbons (Fsp3) is 0.500. The maximum absolute atomic E-state index is 13.3. The van der Waals surface area contributed by atoms with Gasteiger partial charge in [-0.3, -0.25) is 9.59 Å². The van der Waals surface area contributed by atoms with Crippen LogP contribution < -0.4 is 9.47 Å². The van der Waals surface area contributed by atoms with Gasteiger partial charge in [-0.2, -0.15) is 0 Å². The summed E-state index contributed by atoms with van der Waals surface area (Å²) in [6, 6.07) is 11.7. The number of rotatable bonds is 8. The van der Waals surface area contributed by atoms with E-state index in [1.54, 1.807) is 0 Å². The van der Waals surface area contributed by atoms with Crippen LogP contribution in [-0.2, 0) is 9.59 Å². The van der Waals surface area contributed by atoms with Crippen LogP contribution in [0, 0.1) is 23.7 Å². The number of imidazole rings is 2. The number of nitrogens with one attached hydrogen (secondary N) is 2. The molecule has 2 amide bonds. The molecule has 2 fully saturated rings. The molecule has 0 bridgehead atoms. The van der Waals surface area contributed by atoms with E-state index in [1.165, 1.54) is 0 Å². The minimum atomic E-state index is -0.0481. The molecule has 2 aromatic heterocycles. The molecule has 4 unspecified atom stereocenters. The Bertz CT molecular complexity index is 1730. The molecule has 3 aliphatic heterocycles. The van der Waals surface area contributed by atoms with Crippen molar-refractivity contribution >= 4 is 11.8 Å². The van der Waals surface area contributed by atoms with Crippen molar-refractivity contribution in [3.63, 3.8) is 0 Å². The van der Waals surface area contributed by atoms with E-state index in [4.69, 9.17) is 19.4 Å². The number of hydrogen-bond donors (Lipinski definition) is 2. The van der Waals surface area contributed by atoms with E-state index in [0.717, 1.165) is 85.8 Å². The Morgan fingerprint density at radius 3 is 1.46 bits per heavy atom. The number of H-pyrrole nitrogens is 2. The van der Waals surface area contributed by atoms with Gasteiger partial charge in [0.2, 0.25) is 11.8 Å². The van der Waals surface area contributed by atoms with Gasteiger partial charge in [-0.15, -0.1) is 0 Å². The summed E-state index contributed by atoms with van der Waals surface area (Å²) in [5, 5.41) is 0. The Balaban J connectivity index is 1.06. The average Bonchev–Trinajstić information content (AvgIpc) is 3.83. The molecule has 7 rings (SSSR count). The lowest BCUT2D eigenvalue weighted by atomic mass is 9.93. The zero-order chi connectivity index (χ0) is 35.1. The van der Waals surface area contributed by atoms with Crippen LogP contribution in [0.25, 0.3) is 22.5 Å². The highest BCUT2D eigenvalue weighted by molar-refractivity contribution is 5.80. The molecule has 4 aromatic rings. The third-order valence-electron chi connectivity index (χ3n) is 11.1. The predicted octanol–water partition coefficient (Wildman–Crippen LogP) is 9.06. The number of likely N-dealkylation sites (tertiary alicyclic amines) is 2. The van der Waals surface area contributed by atoms with Crippen LogP contribution >= 0.6 is 0 Å². The van der Waals surface area contributed by atoms with Crippen LogP contribution in [0.3, 0.4) is 0 Å². The van der Waals surface area contributed by atoms with Gasteiger partial charge < -0.3 is 29.2 Å². The van der Waals surface area contributed by atoms with Crippen molar-refractivity contribution in [1.29, 1.82) is 0 Å². The molecule has 2 saturated heterocycles. The molecule has 10 nitrogen and oxygen atoms in total. The molecule has 0 spiro atoms. The SMILES string of the molecule is CC(C)C(C)C(=O)N1CCCCC1c1ncc(-c2ccc3c(c2)Oc2ccc(-c4cnc(C5CCCCN5C(=O)C(C)C(C)C)[nH]4)cc2O3)[nH]1. The van der Waals surface area contributed by atoms with Crippen LogP contribution in [0.15, 0.2) is 48.8 Å². The van der Waals surface area contributed by atoms with Gasteiger partial charge in [-0.1, -0.05) is 41.5 Å². The van der Waals surface area contributed by atoms with Crippen LogP contribution in [-0.4, -0.2) is 54.6 Å². The first-order valence-corrected chi connectivity index (χ1v) is 18.4. The first kappa shape index (κ1) is 33.9. The number of fused-ring (bicyclic) bond motifs is 2. The van der Waals surface area contributed by atoms with Gasteiger partial charge in [0, 0.05) is 36.1 Å². The Labute approximate surface area is 295 Å². The zero-order valence-electron chi connectivity index (χ0n) is 30.2. The molecule has 0 radical (unpaired) electrons. The molecule has 2 aromatic carbocycles. The van der Waals surface area contributed by atoms with E-state index in [-0.39, 0.29) is 35.7 Å². The third kappa shape index (κ3) is 6.52. The molecule has 4 atom stereocenters. The smallest absolute Gasteiger partial charge is 0.226 e. The second kappa shape index (κ2) is 14.0. The number of ether oxygens (including phenoxy) is 2. The van der Waals surface area contributed by atoms with Gasteiger partial charge in [0.05, 0.1) is 35.9 Å². The lowest BCUT2D eigenvalue weighted by Crippen LogP contribution is -2.42. The Morgan fingerprint density at radius 1 is 0.640 bits per heavy atom. The van der Waals surface area contributed by atoms with Gasteiger partial charge in [-0.05, 0) is 86.8 Å². The van der Waals surface area contributed by atoms with Crippen molar-refractivity contribution in [3.8, 4) is 45.5 Å². The number of aromatic nitrogens is 4. The monoisotopic (exact) mass is 678 g/mol. The van der Waals surface area contributed by atoms with Gasteiger partial charge >= 0.3 is 0 Å². The van der Waals surface area contributed by atoms with Crippen LogP contribution in [0.1, 0.15) is 104 Å². The van der Waals surface area contributed by atoms with E-state index in [1.807, 2.05) is 72.4 Å². The minimum absolute atomic E-state index is 0.0263. The maximum Gasteiger partial charge on any atom is 0.226 e. The number of aromatic amines is 2. The van der Waals surface area contributed by atoms with Crippen molar-refractivity contribution < 1.29 is 19.1 Å². The van der Waals surface area contributed by atoms with Crippen LogP contribution in [0.4, 0.5) is 0 Å². The normalized spacial score (nSPS) is 20.2. The summed E-state index contributed by atoms with van der Waals surface area (Å²) in [6.07, 6.45) is 9.68. The van der Waals surface area contributed by atoms with Crippen LogP contribution in [0.5, 0.6) is 23.0 Å². The molecule has 50 heavy (non-hydrogen) atoms. The summed E-state index contributed by atoms with van der Waals surface area (Å²) in [7, 11) is 0. The zero-order valence-corrected chi connectivity index (χ0v) is 30.2. The fourth-order valence-electron chi connectivity index (χ4n) is 7.27. The third-order valence-corrected chi connectivity index (χ3v) is 11.1. The predicted molar refractivity (Wildman–Crippen MR) is 193 cm³/mol. The molecule has 0 aliphatic carbocycles. The molecular formula is C40H50N6O4. The summed E-state index contributed by atoms with van der Waals surface area (Å²) >= 11 is 0. The Morgan fingerprint density at radius 2 is 1.06 bits per heavy atom. The van der Waals surface area contributed by atoms with Crippen LogP contribution in [0.2, 0.25) is 0 Å². The lowest BCUT2D eigenvalue weighted by molar-refractivity contribution is -0.141. The summed E-state index contributed by atoms with van der Waals surface area (Å²) < 4.78 is 12.7. The van der Waals surface area contributed by atoms with E-state index in [2.05, 4.69) is 37.7 Å². The first-order chi connectivity index (χ1) is 24.1. The molecule has 2 N–H and O–H groups in total. The van der Waals surface area contributed by atoms with E-state index in [0.29, 0.717) is 34.8 Å². The summed E-state index contributed by atoms with van der Waals surface area (Å²) in [6.45, 7) is 14.0. The number of carbonyl (C=O) groups excluding carboxylic acids is 2. The van der Waals surface area contributed by atoms with E-state index in [9.17, 15) is 9.59 Å². The Hall–Kier alpha value is -4.60. The number of benzene rings is 2. The quantitative estimate of drug-likeness (QED) is 0.169. The molecule has 3 aliphatic rings. The molecule has 5 heterocycles. The fourth-order valence-corrected chi connectivity index (χ4v) is 7.27. The van der Waals surface area contributed by atoms with Crippen molar-refractivity contribution in [3.05, 3.63) is 60.4 Å². The summed E-state index contributed by atoms with van der Waals surface area (Å²) in [5.41, 5.74) is 3.60. The minimum Gasteiger partial charge on any atom is -0.449 e. The van der Waals surface area contributed by atoms with E-state index < -0.39 is 0 Å². The Kier molecular flexibility index (Phi) is 9.46. The summed E-state index contributed by atoms with van der Waals surface area (Å²) in [5.74, 6) is 5.10. The maximum atomic E-state index is 13.3. The first-order valence-electron chi connectivity index (χ1n) is 18.4. The van der Waals surface area contributed by atoms with Crippen molar-refractivity contribution in [1.82, 2.24) is 29.7 Å². The second-order valence-corrected chi connectivity index (χ2v) is 15.0. The molecule has 10 heteroatoms. The topological polar surface area (TPSA) is 116 Å². The number of piperidine rings is 2. The van der Waals surface area contributed by atoms with Gasteiger partial charge in [0.25, 0.3) is 0 Å². The van der Waals surface area contributed by atoms with Gasteiger partial charge in [-0.25, -0.2) is 9.97 Å². The highest BCUT2D eigenvalue weighted by atomic mass is 16.6. The standard InChI is InChI=1S/C40H50N6O4/c1-23(2)25(5)39(47)45-17-9-7-11-31(45)37-41-21-29(43-37)27-13-15-33-35(19-27)49-34-16-14-28(20-36(34)50-33)30-22-42-38(44-30)32-12-8-10-18-46(32)40(48)26(6)24(3)4/h13-16,19-26,31-32H,7-12,17-18H2,1-6H3,(H,41,43)(H,42,44). The molecule has 264 valence electrons. The second-order valence-electron chi connectivity index (χ2n) is 15.0. The number of hydrogen-bond acceptors (Lipinski definition) is 6. The van der Waals surface area contributed by atoms with E-state index >= 15 is 0 Å². The largest absolute Gasteiger partial charge is 0.449 e. The summed E-state index contributed by atoms with van der Waals surface area (Å²) in [4.78, 5) is 47.3. The lowest BCUT2D eigenvalue weighted by Gasteiger charge is -2.37. The number of carbonyl (C=O) groups is 2. The van der Waals surface area contributed by atoms with Gasteiger partial charge in [0.1, 0.15) is 11.6 Å². The van der Waals surface area contributed by atoms with Crippen molar-refractivity contribution in [2.75, 3.05) is 13.1 Å². The van der Waals surface area contributed by atoms with Gasteiger partial charge in [0.15, 0.2) is 23.0 Å². The van der Waals surface area contributed by atoms with Crippen molar-refractivity contribution in [2.24, 2.45) is 23.7 Å². The highest BCUT2D eigenvalue weighted by Crippen LogP contribution is 2.48. The highest BCUT2D eigenvalue weighted by Gasteiger charge is 2.35. The number of nitrogens with zero attached hydrogens (tertiary/aromatic N) is 4. The van der Waals surface area contributed by atoms with Crippen molar-refractivity contribution in [2.45, 2.75) is 92.2 Å². The molecule has 0 saturated carbocycles. The molecular weight excluding hydrogens is 628 g/mol. The average molecular weight is 679 g/mol.